The van der Waals surface area contributed by atoms with Crippen LogP contribution < -0.4 is 14.6 Å². The molecule has 3 rings (SSSR count). The lowest BCUT2D eigenvalue weighted by molar-refractivity contribution is 0.394. The summed E-state index contributed by atoms with van der Waals surface area (Å²) in [4.78, 5) is 4.74. The van der Waals surface area contributed by atoms with Gasteiger partial charge in [0, 0.05) is 18.2 Å². The molecule has 0 radical (unpaired) electrons. The van der Waals surface area contributed by atoms with E-state index in [0.717, 1.165) is 36.3 Å². The lowest BCUT2D eigenvalue weighted by atomic mass is 10.2. The van der Waals surface area contributed by atoms with E-state index in [2.05, 4.69) is 11.5 Å². The number of unbranched alkanes of at least 4 members (excludes halogenated alkanes) is 1. The number of benzene rings is 2. The second-order valence-corrected chi connectivity index (χ2v) is 7.80. The van der Waals surface area contributed by atoms with Crippen LogP contribution in [0.4, 0.5) is 0 Å². The molecule has 3 aromatic rings. The predicted octanol–water partition coefficient (Wildman–Crippen LogP) is 3.17. The SMILES string of the molecule is CCCCn1c(-c2cc(OC)cc(OC)c2)nc2cc(S(N)(=O)=O)ccc21. The van der Waals surface area contributed by atoms with Crippen molar-refractivity contribution in [2.75, 3.05) is 14.2 Å². The van der Waals surface area contributed by atoms with Crippen molar-refractivity contribution in [3.8, 4) is 22.9 Å². The highest BCUT2D eigenvalue weighted by atomic mass is 32.2. The monoisotopic (exact) mass is 389 g/mol. The third-order valence-electron chi connectivity index (χ3n) is 4.39. The molecule has 0 aliphatic carbocycles. The summed E-state index contributed by atoms with van der Waals surface area (Å²) >= 11 is 0. The molecular weight excluding hydrogens is 366 g/mol. The van der Waals surface area contributed by atoms with E-state index in [4.69, 9.17) is 19.6 Å². The Bertz CT molecular complexity index is 1050. The molecule has 1 heterocycles. The molecule has 144 valence electrons. The Morgan fingerprint density at radius 2 is 1.74 bits per heavy atom. The van der Waals surface area contributed by atoms with Gasteiger partial charge in [-0.05, 0) is 36.8 Å². The quantitative estimate of drug-likeness (QED) is 0.669. The summed E-state index contributed by atoms with van der Waals surface area (Å²) in [5.74, 6) is 2.04. The second kappa shape index (κ2) is 7.58. The van der Waals surface area contributed by atoms with Crippen LogP contribution in [0.1, 0.15) is 19.8 Å². The van der Waals surface area contributed by atoms with Gasteiger partial charge in [-0.15, -0.1) is 0 Å². The van der Waals surface area contributed by atoms with Crippen molar-refractivity contribution < 1.29 is 17.9 Å². The van der Waals surface area contributed by atoms with Gasteiger partial charge in [-0.25, -0.2) is 18.5 Å². The molecule has 2 N–H and O–H groups in total. The number of aromatic nitrogens is 2. The number of primary sulfonamides is 1. The van der Waals surface area contributed by atoms with Gasteiger partial charge in [-0.1, -0.05) is 13.3 Å². The minimum Gasteiger partial charge on any atom is -0.497 e. The van der Waals surface area contributed by atoms with Crippen LogP contribution in [0.3, 0.4) is 0 Å². The summed E-state index contributed by atoms with van der Waals surface area (Å²) < 4.78 is 36.2. The highest BCUT2D eigenvalue weighted by Crippen LogP contribution is 2.32. The van der Waals surface area contributed by atoms with Crippen molar-refractivity contribution in [2.24, 2.45) is 5.14 Å². The molecule has 7 nitrogen and oxygen atoms in total. The molecule has 0 unspecified atom stereocenters. The van der Waals surface area contributed by atoms with E-state index < -0.39 is 10.0 Å². The maximum Gasteiger partial charge on any atom is 0.238 e. The maximum absolute atomic E-state index is 11.7. The molecule has 2 aromatic carbocycles. The van der Waals surface area contributed by atoms with E-state index >= 15 is 0 Å². The molecule has 0 fully saturated rings. The van der Waals surface area contributed by atoms with E-state index in [1.165, 1.54) is 12.1 Å². The zero-order valence-electron chi connectivity index (χ0n) is 15.6. The van der Waals surface area contributed by atoms with Gasteiger partial charge in [0.25, 0.3) is 0 Å². The number of fused-ring (bicyclic) bond motifs is 1. The molecule has 0 saturated heterocycles. The summed E-state index contributed by atoms with van der Waals surface area (Å²) in [7, 11) is -0.602. The lowest BCUT2D eigenvalue weighted by Gasteiger charge is -2.11. The van der Waals surface area contributed by atoms with E-state index in [9.17, 15) is 8.42 Å². The fraction of sp³-hybridized carbons (Fsp3) is 0.316. The molecule has 0 spiro atoms. The highest BCUT2D eigenvalue weighted by molar-refractivity contribution is 7.89. The van der Waals surface area contributed by atoms with Crippen LogP contribution in [0.2, 0.25) is 0 Å². The van der Waals surface area contributed by atoms with Gasteiger partial charge in [0.1, 0.15) is 17.3 Å². The van der Waals surface area contributed by atoms with Gasteiger partial charge in [0.05, 0.1) is 30.1 Å². The van der Waals surface area contributed by atoms with E-state index in [1.807, 2.05) is 12.1 Å². The number of sulfonamides is 1. The Labute approximate surface area is 158 Å². The molecule has 1 aromatic heterocycles. The molecule has 0 aliphatic heterocycles. The zero-order valence-corrected chi connectivity index (χ0v) is 16.4. The van der Waals surface area contributed by atoms with Crippen LogP contribution in [0.15, 0.2) is 41.3 Å². The Morgan fingerprint density at radius 1 is 1.07 bits per heavy atom. The van der Waals surface area contributed by atoms with Gasteiger partial charge in [0.2, 0.25) is 10.0 Å². The van der Waals surface area contributed by atoms with Crippen LogP contribution in [-0.2, 0) is 16.6 Å². The van der Waals surface area contributed by atoms with E-state index in [1.54, 1.807) is 26.4 Å². The summed E-state index contributed by atoms with van der Waals surface area (Å²) in [6, 6.07) is 10.3. The Balaban J connectivity index is 2.24. The fourth-order valence-corrected chi connectivity index (χ4v) is 3.52. The minimum absolute atomic E-state index is 0.0462. The smallest absolute Gasteiger partial charge is 0.238 e. The molecule has 27 heavy (non-hydrogen) atoms. The van der Waals surface area contributed by atoms with Crippen molar-refractivity contribution in [2.45, 2.75) is 31.2 Å². The molecule has 0 amide bonds. The van der Waals surface area contributed by atoms with Crippen molar-refractivity contribution in [3.63, 3.8) is 0 Å². The minimum atomic E-state index is -3.79. The third-order valence-corrected chi connectivity index (χ3v) is 5.30. The first kappa shape index (κ1) is 19.2. The molecule has 0 atom stereocenters. The maximum atomic E-state index is 11.7. The standard InChI is InChI=1S/C19H23N3O4S/c1-4-5-8-22-18-7-6-16(27(20,23)24)12-17(18)21-19(22)13-9-14(25-2)11-15(10-13)26-3/h6-7,9-12H,4-5,8H2,1-3H3,(H2,20,23,24). The summed E-state index contributed by atoms with van der Waals surface area (Å²) in [5.41, 5.74) is 2.26. The number of aryl methyl sites for hydroxylation is 1. The Hall–Kier alpha value is -2.58. The van der Waals surface area contributed by atoms with Gasteiger partial charge in [-0.3, -0.25) is 0 Å². The molecule has 0 saturated carbocycles. The van der Waals surface area contributed by atoms with Crippen LogP contribution >= 0.6 is 0 Å². The number of hydrogen-bond donors (Lipinski definition) is 1. The van der Waals surface area contributed by atoms with Crippen LogP contribution in [0.5, 0.6) is 11.5 Å². The topological polar surface area (TPSA) is 96.4 Å². The number of nitrogens with zero attached hydrogens (tertiary/aromatic N) is 2. The first-order chi connectivity index (χ1) is 12.9. The zero-order chi connectivity index (χ0) is 19.6. The first-order valence-corrected chi connectivity index (χ1v) is 10.2. The number of hydrogen-bond acceptors (Lipinski definition) is 5. The summed E-state index contributed by atoms with van der Waals surface area (Å²) in [5, 5.41) is 5.26. The van der Waals surface area contributed by atoms with Crippen molar-refractivity contribution >= 4 is 21.1 Å². The molecule has 0 bridgehead atoms. The number of rotatable bonds is 7. The first-order valence-electron chi connectivity index (χ1n) is 8.64. The van der Waals surface area contributed by atoms with Crippen LogP contribution in [0.25, 0.3) is 22.4 Å². The summed E-state index contributed by atoms with van der Waals surface area (Å²) in [6.07, 6.45) is 1.99. The average molecular weight is 389 g/mol. The Kier molecular flexibility index (Phi) is 5.38. The van der Waals surface area contributed by atoms with Crippen molar-refractivity contribution in [1.82, 2.24) is 9.55 Å². The predicted molar refractivity (Wildman–Crippen MR) is 105 cm³/mol. The van der Waals surface area contributed by atoms with Crippen LogP contribution in [-0.4, -0.2) is 32.2 Å². The fourth-order valence-electron chi connectivity index (χ4n) is 2.99. The summed E-state index contributed by atoms with van der Waals surface area (Å²) in [6.45, 7) is 2.88. The largest absolute Gasteiger partial charge is 0.497 e. The van der Waals surface area contributed by atoms with Crippen molar-refractivity contribution in [1.29, 1.82) is 0 Å². The number of imidazole rings is 1. The second-order valence-electron chi connectivity index (χ2n) is 6.24. The number of nitrogens with two attached hydrogens (primary N) is 1. The highest BCUT2D eigenvalue weighted by Gasteiger charge is 2.17. The van der Waals surface area contributed by atoms with Gasteiger partial charge in [-0.2, -0.15) is 0 Å². The van der Waals surface area contributed by atoms with Crippen LogP contribution in [0, 0.1) is 0 Å². The van der Waals surface area contributed by atoms with Gasteiger partial charge >= 0.3 is 0 Å². The molecular formula is C19H23N3O4S. The lowest BCUT2D eigenvalue weighted by Crippen LogP contribution is -2.11. The number of ether oxygens (including phenoxy) is 2. The molecule has 0 aliphatic rings. The van der Waals surface area contributed by atoms with E-state index in [-0.39, 0.29) is 4.90 Å². The average Bonchev–Trinajstić information content (AvgIpc) is 3.02. The van der Waals surface area contributed by atoms with Gasteiger partial charge in [0.15, 0.2) is 0 Å². The Morgan fingerprint density at radius 3 is 2.30 bits per heavy atom. The van der Waals surface area contributed by atoms with E-state index in [0.29, 0.717) is 17.0 Å². The molecule has 8 heteroatoms. The normalized spacial score (nSPS) is 11.7. The van der Waals surface area contributed by atoms with Gasteiger partial charge < -0.3 is 14.0 Å². The van der Waals surface area contributed by atoms with Crippen molar-refractivity contribution in [3.05, 3.63) is 36.4 Å². The third kappa shape index (κ3) is 3.91. The number of methoxy groups -OCH3 is 2.